The smallest absolute Gasteiger partial charge is 0.260 e. The molecule has 140 valence electrons. The van der Waals surface area contributed by atoms with Gasteiger partial charge in [0.1, 0.15) is 5.92 Å². The van der Waals surface area contributed by atoms with Gasteiger partial charge in [0, 0.05) is 10.1 Å². The quantitative estimate of drug-likeness (QED) is 0.467. The van der Waals surface area contributed by atoms with Crippen LogP contribution in [0.25, 0.3) is 0 Å². The summed E-state index contributed by atoms with van der Waals surface area (Å²) < 4.78 is 0. The third-order valence-electron chi connectivity index (χ3n) is 4.69. The Morgan fingerprint density at radius 3 is 1.50 bits per heavy atom. The first kappa shape index (κ1) is 18.3. The standard InChI is InChI=1S/C23H20N2O2S/c1-17(28-20-15-9-4-10-16-20)21-22(26)24(18-11-5-2-6-12-18)25(23(21)27)19-13-7-3-8-14-19/h2-17,21H,1H3. The van der Waals surface area contributed by atoms with Crippen LogP contribution in [0.15, 0.2) is 95.9 Å². The molecule has 0 aromatic heterocycles. The third kappa shape index (κ3) is 3.41. The van der Waals surface area contributed by atoms with Gasteiger partial charge in [0.15, 0.2) is 0 Å². The second-order valence-corrected chi connectivity index (χ2v) is 8.04. The first-order chi connectivity index (χ1) is 13.7. The lowest BCUT2D eigenvalue weighted by Gasteiger charge is -2.27. The van der Waals surface area contributed by atoms with Crippen LogP contribution in [-0.2, 0) is 9.59 Å². The molecule has 1 heterocycles. The maximum atomic E-state index is 13.4. The highest BCUT2D eigenvalue weighted by atomic mass is 32.2. The maximum Gasteiger partial charge on any atom is 0.260 e. The summed E-state index contributed by atoms with van der Waals surface area (Å²) in [5.41, 5.74) is 1.37. The maximum absolute atomic E-state index is 13.4. The highest BCUT2D eigenvalue weighted by molar-refractivity contribution is 8.00. The normalized spacial score (nSPS) is 15.9. The summed E-state index contributed by atoms with van der Waals surface area (Å²) in [4.78, 5) is 27.8. The SMILES string of the molecule is CC(Sc1ccccc1)C1C(=O)N(c2ccccc2)N(c2ccccc2)C1=O. The van der Waals surface area contributed by atoms with Gasteiger partial charge in [0.25, 0.3) is 11.8 Å². The molecule has 0 radical (unpaired) electrons. The van der Waals surface area contributed by atoms with Crippen molar-refractivity contribution in [1.82, 2.24) is 0 Å². The van der Waals surface area contributed by atoms with E-state index < -0.39 is 5.92 Å². The topological polar surface area (TPSA) is 40.6 Å². The fourth-order valence-corrected chi connectivity index (χ4v) is 4.49. The number of carbonyl (C=O) groups excluding carboxylic acids is 2. The van der Waals surface area contributed by atoms with Crippen molar-refractivity contribution in [1.29, 1.82) is 0 Å². The van der Waals surface area contributed by atoms with Crippen molar-refractivity contribution in [2.45, 2.75) is 17.1 Å². The summed E-state index contributed by atoms with van der Waals surface area (Å²) in [5.74, 6) is -1.14. The summed E-state index contributed by atoms with van der Waals surface area (Å²) >= 11 is 1.55. The Bertz CT molecular complexity index is 906. The van der Waals surface area contributed by atoms with Crippen molar-refractivity contribution in [3.8, 4) is 0 Å². The Balaban J connectivity index is 1.71. The molecule has 0 aliphatic carbocycles. The molecule has 4 rings (SSSR count). The van der Waals surface area contributed by atoms with E-state index in [2.05, 4.69) is 0 Å². The molecular formula is C23H20N2O2S. The van der Waals surface area contributed by atoms with Crippen LogP contribution in [-0.4, -0.2) is 17.1 Å². The van der Waals surface area contributed by atoms with Crippen molar-refractivity contribution in [2.24, 2.45) is 5.92 Å². The van der Waals surface area contributed by atoms with E-state index in [1.54, 1.807) is 11.8 Å². The number of hydrogen-bond acceptors (Lipinski definition) is 3. The highest BCUT2D eigenvalue weighted by Crippen LogP contribution is 2.37. The number of nitrogens with zero attached hydrogens (tertiary/aromatic N) is 2. The molecule has 0 N–H and O–H groups in total. The number of anilines is 2. The largest absolute Gasteiger partial charge is 0.272 e. The van der Waals surface area contributed by atoms with Gasteiger partial charge in [-0.15, -0.1) is 11.8 Å². The van der Waals surface area contributed by atoms with Crippen LogP contribution >= 0.6 is 11.8 Å². The predicted octanol–water partition coefficient (Wildman–Crippen LogP) is 4.78. The lowest BCUT2D eigenvalue weighted by atomic mass is 10.1. The highest BCUT2D eigenvalue weighted by Gasteiger charge is 2.49. The molecule has 0 saturated carbocycles. The lowest BCUT2D eigenvalue weighted by Crippen LogP contribution is -2.41. The number of hydrazine groups is 1. The molecule has 0 bridgehead atoms. The predicted molar refractivity (Wildman–Crippen MR) is 113 cm³/mol. The molecule has 4 nitrogen and oxygen atoms in total. The number of hydrogen-bond donors (Lipinski definition) is 0. The molecule has 3 aromatic carbocycles. The molecule has 2 amide bonds. The summed E-state index contributed by atoms with van der Waals surface area (Å²) in [7, 11) is 0. The zero-order chi connectivity index (χ0) is 19.5. The molecule has 0 spiro atoms. The Morgan fingerprint density at radius 2 is 1.07 bits per heavy atom. The van der Waals surface area contributed by atoms with Gasteiger partial charge in [-0.25, -0.2) is 10.0 Å². The van der Waals surface area contributed by atoms with Gasteiger partial charge < -0.3 is 0 Å². The number of thioether (sulfide) groups is 1. The second-order valence-electron chi connectivity index (χ2n) is 6.58. The van der Waals surface area contributed by atoms with Crippen LogP contribution in [0.5, 0.6) is 0 Å². The first-order valence-corrected chi connectivity index (χ1v) is 10.0. The molecule has 1 atom stereocenters. The van der Waals surface area contributed by atoms with Gasteiger partial charge in [0.2, 0.25) is 0 Å². The van der Waals surface area contributed by atoms with E-state index in [9.17, 15) is 9.59 Å². The number of carbonyl (C=O) groups is 2. The Morgan fingerprint density at radius 1 is 0.679 bits per heavy atom. The number of para-hydroxylation sites is 2. The van der Waals surface area contributed by atoms with Gasteiger partial charge in [-0.3, -0.25) is 9.59 Å². The summed E-state index contributed by atoms with van der Waals surface area (Å²) in [6.07, 6.45) is 0. The Labute approximate surface area is 168 Å². The first-order valence-electron chi connectivity index (χ1n) is 9.16. The Kier molecular flexibility index (Phi) is 5.17. The van der Waals surface area contributed by atoms with Crippen LogP contribution in [0.3, 0.4) is 0 Å². The van der Waals surface area contributed by atoms with E-state index in [0.717, 1.165) is 4.90 Å². The lowest BCUT2D eigenvalue weighted by molar-refractivity contribution is -0.126. The molecular weight excluding hydrogens is 368 g/mol. The number of rotatable bonds is 5. The molecule has 1 aliphatic rings. The molecule has 5 heteroatoms. The van der Waals surface area contributed by atoms with E-state index >= 15 is 0 Å². The summed E-state index contributed by atoms with van der Waals surface area (Å²) in [6.45, 7) is 1.94. The van der Waals surface area contributed by atoms with Crippen molar-refractivity contribution in [3.05, 3.63) is 91.0 Å². The van der Waals surface area contributed by atoms with E-state index in [0.29, 0.717) is 11.4 Å². The minimum Gasteiger partial charge on any atom is -0.272 e. The van der Waals surface area contributed by atoms with Crippen molar-refractivity contribution in [3.63, 3.8) is 0 Å². The van der Waals surface area contributed by atoms with Gasteiger partial charge >= 0.3 is 0 Å². The van der Waals surface area contributed by atoms with Crippen molar-refractivity contribution < 1.29 is 9.59 Å². The third-order valence-corrected chi connectivity index (χ3v) is 5.87. The van der Waals surface area contributed by atoms with Crippen molar-refractivity contribution in [2.75, 3.05) is 10.0 Å². The summed E-state index contributed by atoms with van der Waals surface area (Å²) in [6, 6.07) is 28.5. The van der Waals surface area contributed by atoms with Crippen LogP contribution < -0.4 is 10.0 Å². The van der Waals surface area contributed by atoms with Crippen LogP contribution in [0.1, 0.15) is 6.92 Å². The number of amides is 2. The zero-order valence-electron chi connectivity index (χ0n) is 15.4. The fraction of sp³-hybridized carbons (Fsp3) is 0.130. The van der Waals surface area contributed by atoms with E-state index in [1.165, 1.54) is 10.0 Å². The van der Waals surface area contributed by atoms with Gasteiger partial charge in [-0.1, -0.05) is 61.5 Å². The molecule has 1 fully saturated rings. The number of benzene rings is 3. The molecule has 3 aromatic rings. The molecule has 1 aliphatic heterocycles. The summed E-state index contributed by atoms with van der Waals surface area (Å²) in [5, 5.41) is 2.82. The van der Waals surface area contributed by atoms with Crippen LogP contribution in [0.4, 0.5) is 11.4 Å². The van der Waals surface area contributed by atoms with Gasteiger partial charge in [-0.2, -0.15) is 0 Å². The monoisotopic (exact) mass is 388 g/mol. The van der Waals surface area contributed by atoms with Crippen LogP contribution in [0.2, 0.25) is 0 Å². The molecule has 1 unspecified atom stereocenters. The van der Waals surface area contributed by atoms with Gasteiger partial charge in [0.05, 0.1) is 11.4 Å². The fourth-order valence-electron chi connectivity index (χ4n) is 3.37. The second kappa shape index (κ2) is 7.90. The zero-order valence-corrected chi connectivity index (χ0v) is 16.3. The Hall–Kier alpha value is -3.05. The molecule has 28 heavy (non-hydrogen) atoms. The average molecular weight is 388 g/mol. The molecule has 1 saturated heterocycles. The van der Waals surface area contributed by atoms with E-state index in [-0.39, 0.29) is 17.1 Å². The average Bonchev–Trinajstić information content (AvgIpc) is 3.00. The van der Waals surface area contributed by atoms with Crippen LogP contribution in [0, 0.1) is 5.92 Å². The van der Waals surface area contributed by atoms with Gasteiger partial charge in [-0.05, 0) is 36.4 Å². The van der Waals surface area contributed by atoms with Crippen molar-refractivity contribution >= 4 is 35.0 Å². The minimum atomic E-state index is -0.745. The minimum absolute atomic E-state index is 0.192. The van der Waals surface area contributed by atoms with E-state index in [4.69, 9.17) is 0 Å². The van der Waals surface area contributed by atoms with E-state index in [1.807, 2.05) is 97.9 Å².